The van der Waals surface area contributed by atoms with Gasteiger partial charge >= 0.3 is 0 Å². The maximum absolute atomic E-state index is 13.5. The van der Waals surface area contributed by atoms with E-state index >= 15 is 0 Å². The molecule has 8 nitrogen and oxygen atoms in total. The van der Waals surface area contributed by atoms with E-state index in [0.717, 1.165) is 16.6 Å². The third-order valence-corrected chi connectivity index (χ3v) is 6.83. The Hall–Kier alpha value is -4.72. The van der Waals surface area contributed by atoms with Gasteiger partial charge in [-0.3, -0.25) is 14.5 Å². The van der Waals surface area contributed by atoms with Crippen molar-refractivity contribution in [2.45, 2.75) is 6.04 Å². The molecule has 4 aromatic rings. The number of likely N-dealkylation sites (N-methyl/N-ethyl adjacent to an activating group) is 1. The largest absolute Gasteiger partial charge is 0.507 e. The molecule has 1 fully saturated rings. The number of Topliss-reactive ketones (excluding diaryl/α,β-unsaturated/α-hetero) is 1. The van der Waals surface area contributed by atoms with Gasteiger partial charge in [-0.05, 0) is 36.4 Å². The van der Waals surface area contributed by atoms with Crippen molar-refractivity contribution >= 4 is 39.7 Å². The van der Waals surface area contributed by atoms with E-state index in [-0.39, 0.29) is 22.8 Å². The predicted molar refractivity (Wildman–Crippen MR) is 136 cm³/mol. The zero-order valence-corrected chi connectivity index (χ0v) is 19.4. The van der Waals surface area contributed by atoms with Gasteiger partial charge < -0.3 is 24.8 Å². The number of para-hydroxylation sites is 3. The zero-order valence-electron chi connectivity index (χ0n) is 19.4. The lowest BCUT2D eigenvalue weighted by Crippen LogP contribution is -2.29. The summed E-state index contributed by atoms with van der Waals surface area (Å²) in [6.07, 6.45) is 1.73. The zero-order chi connectivity index (χ0) is 25.0. The summed E-state index contributed by atoms with van der Waals surface area (Å²) in [5, 5.41) is 22.9. The minimum Gasteiger partial charge on any atom is -0.507 e. The Morgan fingerprint density at radius 2 is 1.81 bits per heavy atom. The second kappa shape index (κ2) is 8.20. The summed E-state index contributed by atoms with van der Waals surface area (Å²) in [5.41, 5.74) is 2.77. The molecular weight excluding hydrogens is 458 g/mol. The van der Waals surface area contributed by atoms with Gasteiger partial charge in [0.25, 0.3) is 11.7 Å². The van der Waals surface area contributed by atoms with E-state index in [1.807, 2.05) is 36.2 Å². The quantitative estimate of drug-likeness (QED) is 0.229. The molecule has 0 radical (unpaired) electrons. The maximum Gasteiger partial charge on any atom is 0.300 e. The number of anilines is 2. The standard InChI is InChI=1S/C28H23N3O5/c1-30-12-13-36-23-11-10-16(14-21(23)30)26(33)24-25(18-15-29-19-7-3-2-6-17(18)19)31(28(35)27(24)34)20-8-4-5-9-22(20)32/h2-11,14-15,25,29,32-33H,12-13H2,1H3/b26-24+. The van der Waals surface area contributed by atoms with Gasteiger partial charge in [0.05, 0.1) is 29.5 Å². The van der Waals surface area contributed by atoms with Crippen molar-refractivity contribution < 1.29 is 24.5 Å². The van der Waals surface area contributed by atoms with Crippen LogP contribution in [0.3, 0.4) is 0 Å². The fourth-order valence-electron chi connectivity index (χ4n) is 5.02. The van der Waals surface area contributed by atoms with Crippen molar-refractivity contribution in [1.29, 1.82) is 0 Å². The number of aliphatic hydroxyl groups excluding tert-OH is 1. The van der Waals surface area contributed by atoms with Gasteiger partial charge in [-0.1, -0.05) is 30.3 Å². The Bertz CT molecular complexity index is 1570. The number of aliphatic hydroxyl groups is 1. The number of rotatable bonds is 3. The highest BCUT2D eigenvalue weighted by atomic mass is 16.5. The number of aromatic amines is 1. The highest BCUT2D eigenvalue weighted by Crippen LogP contribution is 2.46. The molecule has 8 heteroatoms. The number of fused-ring (bicyclic) bond motifs is 2. The van der Waals surface area contributed by atoms with E-state index < -0.39 is 17.7 Å². The average molecular weight is 482 g/mol. The number of carbonyl (C=O) groups excluding carboxylic acids is 2. The Morgan fingerprint density at radius 3 is 2.64 bits per heavy atom. The Labute approximate surface area is 206 Å². The highest BCUT2D eigenvalue weighted by molar-refractivity contribution is 6.52. The smallest absolute Gasteiger partial charge is 0.300 e. The molecule has 2 aliphatic rings. The lowest BCUT2D eigenvalue weighted by atomic mass is 9.94. The first-order valence-electron chi connectivity index (χ1n) is 11.6. The first-order chi connectivity index (χ1) is 17.5. The molecule has 1 amide bonds. The maximum atomic E-state index is 13.5. The number of nitrogens with one attached hydrogen (secondary N) is 1. The Balaban J connectivity index is 1.59. The summed E-state index contributed by atoms with van der Waals surface area (Å²) >= 11 is 0. The monoisotopic (exact) mass is 481 g/mol. The van der Waals surface area contributed by atoms with Gasteiger partial charge in [-0.2, -0.15) is 0 Å². The molecule has 1 atom stereocenters. The van der Waals surface area contributed by atoms with Gasteiger partial charge in [-0.25, -0.2) is 0 Å². The number of hydrogen-bond donors (Lipinski definition) is 3. The minimum atomic E-state index is -0.959. The van der Waals surface area contributed by atoms with E-state index in [4.69, 9.17) is 4.74 Å². The van der Waals surface area contributed by atoms with E-state index in [2.05, 4.69) is 4.98 Å². The van der Waals surface area contributed by atoms with Gasteiger partial charge in [0, 0.05) is 35.3 Å². The molecule has 36 heavy (non-hydrogen) atoms. The molecule has 3 N–H and O–H groups in total. The normalized spacial score (nSPS) is 19.0. The molecule has 6 rings (SSSR count). The number of nitrogens with zero attached hydrogens (tertiary/aromatic N) is 2. The van der Waals surface area contributed by atoms with E-state index in [9.17, 15) is 19.8 Å². The van der Waals surface area contributed by atoms with Crippen molar-refractivity contribution in [2.24, 2.45) is 0 Å². The average Bonchev–Trinajstić information content (AvgIpc) is 3.42. The van der Waals surface area contributed by atoms with E-state index in [0.29, 0.717) is 30.0 Å². The second-order valence-electron chi connectivity index (χ2n) is 8.90. The number of phenolic OH excluding ortho intramolecular Hbond substituents is 1. The van der Waals surface area contributed by atoms with Crippen LogP contribution in [0, 0.1) is 0 Å². The first-order valence-corrected chi connectivity index (χ1v) is 11.6. The van der Waals surface area contributed by atoms with Crippen LogP contribution in [0.1, 0.15) is 17.2 Å². The number of benzene rings is 3. The molecule has 3 aromatic carbocycles. The summed E-state index contributed by atoms with van der Waals surface area (Å²) in [5.74, 6) is -1.40. The number of ketones is 1. The van der Waals surface area contributed by atoms with Crippen molar-refractivity contribution in [3.63, 3.8) is 0 Å². The third kappa shape index (κ3) is 3.22. The van der Waals surface area contributed by atoms with Crippen molar-refractivity contribution in [3.8, 4) is 11.5 Å². The van der Waals surface area contributed by atoms with Gasteiger partial charge in [-0.15, -0.1) is 0 Å². The van der Waals surface area contributed by atoms with Crippen LogP contribution in [0.25, 0.3) is 16.7 Å². The Kier molecular flexibility index (Phi) is 4.96. The fourth-order valence-corrected chi connectivity index (χ4v) is 5.02. The molecule has 1 aromatic heterocycles. The van der Waals surface area contributed by atoms with Gasteiger partial charge in [0.2, 0.25) is 0 Å². The minimum absolute atomic E-state index is 0.0488. The molecule has 1 saturated heterocycles. The number of phenols is 1. The molecule has 0 bridgehead atoms. The third-order valence-electron chi connectivity index (χ3n) is 6.83. The van der Waals surface area contributed by atoms with Crippen LogP contribution >= 0.6 is 0 Å². The summed E-state index contributed by atoms with van der Waals surface area (Å²) < 4.78 is 5.71. The van der Waals surface area contributed by atoms with Crippen molar-refractivity contribution in [1.82, 2.24) is 4.98 Å². The summed E-state index contributed by atoms with van der Waals surface area (Å²) in [4.78, 5) is 33.3. The van der Waals surface area contributed by atoms with Crippen molar-refractivity contribution in [3.05, 3.63) is 89.6 Å². The van der Waals surface area contributed by atoms with Crippen LogP contribution in [0.4, 0.5) is 11.4 Å². The SMILES string of the molecule is CN1CCOc2ccc(/C(O)=C3\C(=O)C(=O)N(c4ccccc4O)C3c3c[nH]c4ccccc34)cc21. The molecule has 180 valence electrons. The Morgan fingerprint density at radius 1 is 1.03 bits per heavy atom. The lowest BCUT2D eigenvalue weighted by Gasteiger charge is -2.28. The summed E-state index contributed by atoms with van der Waals surface area (Å²) in [6, 6.07) is 18.1. The molecule has 0 spiro atoms. The van der Waals surface area contributed by atoms with Crippen molar-refractivity contribution in [2.75, 3.05) is 30.0 Å². The van der Waals surface area contributed by atoms with Crippen LogP contribution in [0.5, 0.6) is 11.5 Å². The molecule has 0 saturated carbocycles. The predicted octanol–water partition coefficient (Wildman–Crippen LogP) is 4.33. The first kappa shape index (κ1) is 21.8. The molecule has 3 heterocycles. The number of ether oxygens (including phenoxy) is 1. The number of aromatic nitrogens is 1. The number of H-pyrrole nitrogens is 1. The summed E-state index contributed by atoms with van der Waals surface area (Å²) in [6.45, 7) is 1.24. The van der Waals surface area contributed by atoms with E-state index in [1.54, 1.807) is 42.6 Å². The van der Waals surface area contributed by atoms with Crippen LogP contribution < -0.4 is 14.5 Å². The molecule has 2 aliphatic heterocycles. The fraction of sp³-hybridized carbons (Fsp3) is 0.143. The number of amides is 1. The van der Waals surface area contributed by atoms with Crippen LogP contribution in [-0.2, 0) is 9.59 Å². The topological polar surface area (TPSA) is 106 Å². The number of aromatic hydroxyl groups is 1. The van der Waals surface area contributed by atoms with Crippen LogP contribution in [0.15, 0.2) is 78.5 Å². The number of carbonyl (C=O) groups is 2. The van der Waals surface area contributed by atoms with E-state index in [1.165, 1.54) is 11.0 Å². The van der Waals surface area contributed by atoms with Crippen LogP contribution in [-0.4, -0.2) is 47.1 Å². The highest BCUT2D eigenvalue weighted by Gasteiger charge is 2.48. The molecular formula is C28H23N3O5. The van der Waals surface area contributed by atoms with Crippen LogP contribution in [0.2, 0.25) is 0 Å². The molecule has 0 aliphatic carbocycles. The summed E-state index contributed by atoms with van der Waals surface area (Å²) in [7, 11) is 1.92. The lowest BCUT2D eigenvalue weighted by molar-refractivity contribution is -0.132. The van der Waals surface area contributed by atoms with Gasteiger partial charge in [0.1, 0.15) is 23.9 Å². The molecule has 1 unspecified atom stereocenters. The number of hydrogen-bond acceptors (Lipinski definition) is 6. The second-order valence-corrected chi connectivity index (χ2v) is 8.90. The van der Waals surface area contributed by atoms with Gasteiger partial charge in [0.15, 0.2) is 0 Å².